The van der Waals surface area contributed by atoms with Crippen molar-refractivity contribution in [2.75, 3.05) is 0 Å². The maximum absolute atomic E-state index is 8.88. The average Bonchev–Trinajstić information content (AvgIpc) is 1.41. The number of phosphoric acid groups is 3. The minimum Gasteiger partial charge on any atom is -1.00 e. The third-order valence-corrected chi connectivity index (χ3v) is 0. The van der Waals surface area contributed by atoms with Crippen LogP contribution in [0.2, 0.25) is 0 Å². The van der Waals surface area contributed by atoms with Crippen LogP contribution in [-0.4, -0.2) is 19.6 Å². The average molecular weight is 334 g/mol. The van der Waals surface area contributed by atoms with Crippen LogP contribution in [0.25, 0.3) is 0 Å². The summed E-state index contributed by atoms with van der Waals surface area (Å²) in [6.45, 7) is 0. The molecule has 0 amide bonds. The Bertz CT molecular complexity index is 221. The van der Waals surface area contributed by atoms with E-state index in [9.17, 15) is 0 Å². The van der Waals surface area contributed by atoms with E-state index in [1.807, 2.05) is 0 Å². The maximum Gasteiger partial charge on any atom is 1.00 e. The smallest absolute Gasteiger partial charge is 1.00 e. The molecular weight excluding hydrogens is 324 g/mol. The Labute approximate surface area is 140 Å². The van der Waals surface area contributed by atoms with Crippen molar-refractivity contribution >= 4 is 23.5 Å². The Balaban J connectivity index is -0.0000000106. The van der Waals surface area contributed by atoms with E-state index in [1.165, 1.54) is 0 Å². The first kappa shape index (κ1) is 26.5. The Hall–Kier alpha value is 1.97. The molecule has 0 saturated heterocycles. The Morgan fingerprint density at radius 1 is 0.812 bits per heavy atom. The van der Waals surface area contributed by atoms with Gasteiger partial charge in [-0.05, 0) is 0 Å². The zero-order valence-electron chi connectivity index (χ0n) is 13.4. The van der Waals surface area contributed by atoms with Crippen LogP contribution in [0.15, 0.2) is 0 Å². The van der Waals surface area contributed by atoms with Crippen molar-refractivity contribution in [3.63, 3.8) is 0 Å². The topological polar surface area (TPSA) is 247 Å². The normalized spacial score (nSPS) is 11.1. The maximum atomic E-state index is 8.88. The van der Waals surface area contributed by atoms with E-state index in [2.05, 4.69) is 0 Å². The minimum atomic E-state index is -5.39. The SMILES string of the molecule is O=P(O)(O)O.O=P([O-])([O-])O.O=P([O-])([O-])[O-].[H+].[H+].[H+].[H+].[H+].[H-].[K+]. The molecule has 12 nitrogen and oxygen atoms in total. The number of rotatable bonds is 0. The van der Waals surface area contributed by atoms with E-state index in [1.54, 1.807) is 0 Å². The van der Waals surface area contributed by atoms with Crippen molar-refractivity contribution in [1.29, 1.82) is 0 Å². The summed E-state index contributed by atoms with van der Waals surface area (Å²) in [4.78, 5) is 71.5. The third-order valence-electron chi connectivity index (χ3n) is 0. The van der Waals surface area contributed by atoms with Gasteiger partial charge in [0, 0.05) is 0 Å². The predicted molar refractivity (Wildman–Crippen MR) is 38.4 cm³/mol. The van der Waals surface area contributed by atoms with Gasteiger partial charge in [-0.3, -0.25) is 0 Å². The molecule has 16 heteroatoms. The molecule has 0 atom stereocenters. The molecule has 0 aromatic rings. The van der Waals surface area contributed by atoms with Crippen molar-refractivity contribution in [3.05, 3.63) is 0 Å². The van der Waals surface area contributed by atoms with Crippen LogP contribution in [0.3, 0.4) is 0 Å². The minimum absolute atomic E-state index is 0. The molecule has 0 heterocycles. The van der Waals surface area contributed by atoms with Gasteiger partial charge in [0.2, 0.25) is 0 Å². The first-order valence-electron chi connectivity index (χ1n) is 2.26. The van der Waals surface area contributed by atoms with E-state index >= 15 is 0 Å². The van der Waals surface area contributed by atoms with Crippen LogP contribution in [0, 0.1) is 0 Å². The van der Waals surface area contributed by atoms with Gasteiger partial charge in [-0.25, -0.2) is 4.57 Å². The molecule has 0 saturated carbocycles. The van der Waals surface area contributed by atoms with Crippen LogP contribution in [0.5, 0.6) is 0 Å². The summed E-state index contributed by atoms with van der Waals surface area (Å²) in [5, 5.41) is 0. The van der Waals surface area contributed by atoms with E-state index in [-0.39, 0.29) is 59.9 Å². The van der Waals surface area contributed by atoms with Crippen molar-refractivity contribution in [3.8, 4) is 0 Å². The largest absolute Gasteiger partial charge is 1.00 e. The fourth-order valence-electron chi connectivity index (χ4n) is 0. The van der Waals surface area contributed by atoms with Gasteiger partial charge in [0.1, 0.15) is 0 Å². The molecule has 0 spiro atoms. The Morgan fingerprint density at radius 3 is 0.812 bits per heavy atom. The fourth-order valence-corrected chi connectivity index (χ4v) is 0. The van der Waals surface area contributed by atoms with Crippen molar-refractivity contribution in [2.45, 2.75) is 0 Å². The van der Waals surface area contributed by atoms with Crippen LogP contribution < -0.4 is 75.9 Å². The second-order valence-corrected chi connectivity index (χ2v) is 4.29. The predicted octanol–water partition coefficient (Wildman–Crippen LogP) is -8.27. The summed E-state index contributed by atoms with van der Waals surface area (Å²) in [7, 11) is -15.2. The first-order chi connectivity index (χ1) is 6.00. The second kappa shape index (κ2) is 10.8. The summed E-state index contributed by atoms with van der Waals surface area (Å²) in [6.07, 6.45) is 0. The first-order valence-corrected chi connectivity index (χ1v) is 6.78. The zero-order chi connectivity index (χ0) is 13.5. The van der Waals surface area contributed by atoms with E-state index in [0.717, 1.165) is 0 Å². The molecule has 4 N–H and O–H groups in total. The van der Waals surface area contributed by atoms with Crippen LogP contribution in [0.1, 0.15) is 8.56 Å². The van der Waals surface area contributed by atoms with Crippen LogP contribution in [0.4, 0.5) is 0 Å². The molecule has 0 unspecified atom stereocenters. The molecule has 0 aromatic heterocycles. The molecule has 0 fully saturated rings. The van der Waals surface area contributed by atoms with Gasteiger partial charge < -0.3 is 54.6 Å². The number of hydrogen-bond donors (Lipinski definition) is 4. The van der Waals surface area contributed by atoms with Crippen molar-refractivity contribution in [1.82, 2.24) is 0 Å². The Morgan fingerprint density at radius 2 is 0.812 bits per heavy atom. The monoisotopic (exact) mass is 334 g/mol. The van der Waals surface area contributed by atoms with Gasteiger partial charge in [-0.15, -0.1) is 0 Å². The summed E-state index contributed by atoms with van der Waals surface area (Å²) in [5.74, 6) is 0. The summed E-state index contributed by atoms with van der Waals surface area (Å²) in [6, 6.07) is 0. The molecule has 0 aliphatic rings. The van der Waals surface area contributed by atoms with E-state index in [0.29, 0.717) is 0 Å². The summed E-state index contributed by atoms with van der Waals surface area (Å²) >= 11 is 0. The summed E-state index contributed by atoms with van der Waals surface area (Å²) in [5.41, 5.74) is 0. The molecule has 0 radical (unpaired) electrons. The number of hydrogen-bond acceptors (Lipinski definition) is 8. The zero-order valence-corrected chi connectivity index (χ0v) is 13.2. The molecule has 0 aromatic carbocycles. The fraction of sp³-hybridized carbons (Fsp3) is 0. The quantitative estimate of drug-likeness (QED) is 0.238. The second-order valence-electron chi connectivity index (χ2n) is 1.43. The van der Waals surface area contributed by atoms with Gasteiger partial charge in [0.05, 0.1) is 7.82 Å². The van der Waals surface area contributed by atoms with E-state index in [4.69, 9.17) is 57.7 Å². The van der Waals surface area contributed by atoms with Crippen molar-refractivity contribution in [2.24, 2.45) is 0 Å². The van der Waals surface area contributed by atoms with Gasteiger partial charge in [0.25, 0.3) is 0 Å². The standard InChI is InChI=1S/K.3H3O4P.H/c;3*1-5(2,3)4;/h;3*(H3,1,2,3,4);/q+1;;;;-1. The molecule has 16 heavy (non-hydrogen) atoms. The van der Waals surface area contributed by atoms with Gasteiger partial charge in [0.15, 0.2) is 0 Å². The molecule has 0 aliphatic heterocycles. The third kappa shape index (κ3) is 925. The van der Waals surface area contributed by atoms with Crippen LogP contribution in [-0.2, 0) is 13.7 Å². The van der Waals surface area contributed by atoms with Gasteiger partial charge in [-0.1, -0.05) is 0 Å². The van der Waals surface area contributed by atoms with Crippen molar-refractivity contribution < 1.29 is 118 Å². The van der Waals surface area contributed by atoms with Gasteiger partial charge >= 0.3 is 66.3 Å². The Kier molecular flexibility index (Phi) is 18.0. The molecule has 98 valence electrons. The summed E-state index contributed by atoms with van der Waals surface area (Å²) < 4.78 is 26.1. The molecule has 0 rings (SSSR count). The van der Waals surface area contributed by atoms with Gasteiger partial charge in [-0.2, -0.15) is 7.82 Å². The molecular formula is H10KO12P3. The molecule has 0 aliphatic carbocycles. The van der Waals surface area contributed by atoms with E-state index < -0.39 is 23.5 Å². The van der Waals surface area contributed by atoms with Crippen LogP contribution >= 0.6 is 23.5 Å². The molecule has 0 bridgehead atoms.